The molecule has 0 aliphatic heterocycles. The van der Waals surface area contributed by atoms with Gasteiger partial charge in [0.2, 0.25) is 0 Å². The highest BCUT2D eigenvalue weighted by Crippen LogP contribution is 2.22. The zero-order valence-corrected chi connectivity index (χ0v) is 11.8. The molecule has 3 heteroatoms. The second-order valence-electron chi connectivity index (χ2n) is 4.28. The average Bonchev–Trinajstić information content (AvgIpc) is 2.29. The highest BCUT2D eigenvalue weighted by Gasteiger charge is 1.98. The van der Waals surface area contributed by atoms with Crippen LogP contribution in [0.2, 0.25) is 10.0 Å². The lowest BCUT2D eigenvalue weighted by molar-refractivity contribution is 1.36. The van der Waals surface area contributed by atoms with Crippen molar-refractivity contribution >= 4 is 35.1 Å². The van der Waals surface area contributed by atoms with E-state index in [1.807, 2.05) is 18.2 Å². The van der Waals surface area contributed by atoms with E-state index in [1.54, 1.807) is 18.3 Å². The lowest BCUT2D eigenvalue weighted by Gasteiger charge is -2.00. The van der Waals surface area contributed by atoms with E-state index in [1.165, 1.54) is 11.1 Å². The number of aryl methyl sites for hydroxylation is 2. The molecule has 0 spiro atoms. The molecule has 0 unspecified atom stereocenters. The molecule has 0 heterocycles. The second kappa shape index (κ2) is 5.55. The minimum atomic E-state index is 0.543. The van der Waals surface area contributed by atoms with Crippen molar-refractivity contribution < 1.29 is 0 Å². The Hall–Kier alpha value is -1.31. The number of benzene rings is 2. The molecule has 0 radical (unpaired) electrons. The van der Waals surface area contributed by atoms with E-state index >= 15 is 0 Å². The van der Waals surface area contributed by atoms with Gasteiger partial charge >= 0.3 is 0 Å². The summed E-state index contributed by atoms with van der Waals surface area (Å²) < 4.78 is 0. The van der Waals surface area contributed by atoms with E-state index in [0.29, 0.717) is 10.0 Å². The smallest absolute Gasteiger partial charge is 0.0635 e. The number of hydrogen-bond acceptors (Lipinski definition) is 1. The predicted octanol–water partition coefficient (Wildman–Crippen LogP) is 5.36. The van der Waals surface area contributed by atoms with E-state index in [4.69, 9.17) is 23.2 Å². The quantitative estimate of drug-likeness (QED) is 0.655. The summed E-state index contributed by atoms with van der Waals surface area (Å²) >= 11 is 11.8. The molecule has 92 valence electrons. The van der Waals surface area contributed by atoms with Crippen LogP contribution < -0.4 is 0 Å². The number of aliphatic imine (C=N–C) groups is 1. The van der Waals surface area contributed by atoms with Crippen LogP contribution in [-0.2, 0) is 0 Å². The summed E-state index contributed by atoms with van der Waals surface area (Å²) in [6, 6.07) is 11.7. The molecule has 0 saturated heterocycles. The number of rotatable bonds is 2. The minimum Gasteiger partial charge on any atom is -0.256 e. The summed E-state index contributed by atoms with van der Waals surface area (Å²) in [7, 11) is 0. The fraction of sp³-hybridized carbons (Fsp3) is 0.133. The summed E-state index contributed by atoms with van der Waals surface area (Å²) in [5, 5.41) is 1.10. The Labute approximate surface area is 117 Å². The van der Waals surface area contributed by atoms with Crippen molar-refractivity contribution in [2.45, 2.75) is 13.8 Å². The van der Waals surface area contributed by atoms with Gasteiger partial charge in [-0.3, -0.25) is 4.99 Å². The summed E-state index contributed by atoms with van der Waals surface area (Å²) in [5.74, 6) is 0. The Kier molecular flexibility index (Phi) is 4.05. The second-order valence-corrected chi connectivity index (χ2v) is 5.09. The largest absolute Gasteiger partial charge is 0.256 e. The molecular formula is C15H13Cl2N. The first kappa shape index (κ1) is 13.1. The monoisotopic (exact) mass is 277 g/mol. The van der Waals surface area contributed by atoms with Crippen LogP contribution in [0.4, 0.5) is 5.69 Å². The number of nitrogens with zero attached hydrogens (tertiary/aromatic N) is 1. The molecule has 1 nitrogen and oxygen atoms in total. The van der Waals surface area contributed by atoms with Crippen LogP contribution in [0.3, 0.4) is 0 Å². The fourth-order valence-electron chi connectivity index (χ4n) is 1.77. The van der Waals surface area contributed by atoms with Crippen LogP contribution in [0, 0.1) is 13.8 Å². The van der Waals surface area contributed by atoms with E-state index in [-0.39, 0.29) is 0 Å². The molecule has 2 aromatic carbocycles. The molecule has 0 N–H and O–H groups in total. The lowest BCUT2D eigenvalue weighted by atomic mass is 10.1. The zero-order chi connectivity index (χ0) is 13.1. The fourth-order valence-corrected chi connectivity index (χ4v) is 2.07. The maximum absolute atomic E-state index is 5.95. The molecule has 0 saturated carbocycles. The van der Waals surface area contributed by atoms with Crippen LogP contribution in [0.25, 0.3) is 0 Å². The molecule has 0 atom stereocenters. The number of halogens is 2. The summed E-state index contributed by atoms with van der Waals surface area (Å²) in [6.07, 6.45) is 1.79. The van der Waals surface area contributed by atoms with Gasteiger partial charge in [0.15, 0.2) is 0 Å². The van der Waals surface area contributed by atoms with Gasteiger partial charge in [0.25, 0.3) is 0 Å². The molecular weight excluding hydrogens is 265 g/mol. The van der Waals surface area contributed by atoms with Crippen molar-refractivity contribution in [2.24, 2.45) is 4.99 Å². The highest BCUT2D eigenvalue weighted by molar-refractivity contribution is 6.42. The molecule has 0 amide bonds. The van der Waals surface area contributed by atoms with Gasteiger partial charge in [-0.05, 0) is 54.8 Å². The molecule has 2 aromatic rings. The van der Waals surface area contributed by atoms with Gasteiger partial charge in [-0.15, -0.1) is 0 Å². The predicted molar refractivity (Wildman–Crippen MR) is 79.6 cm³/mol. The SMILES string of the molecule is Cc1cc(C)cc(N=Cc2ccc(Cl)c(Cl)c2)c1. The third-order valence-corrected chi connectivity index (χ3v) is 3.25. The van der Waals surface area contributed by atoms with Crippen molar-refractivity contribution in [3.63, 3.8) is 0 Å². The summed E-state index contributed by atoms with van der Waals surface area (Å²) in [6.45, 7) is 4.12. The van der Waals surface area contributed by atoms with E-state index in [9.17, 15) is 0 Å². The van der Waals surface area contributed by atoms with Gasteiger partial charge in [-0.25, -0.2) is 0 Å². The van der Waals surface area contributed by atoms with Crippen molar-refractivity contribution in [3.05, 3.63) is 63.1 Å². The van der Waals surface area contributed by atoms with E-state index in [2.05, 4.69) is 24.9 Å². The van der Waals surface area contributed by atoms with Crippen LogP contribution in [0.15, 0.2) is 41.4 Å². The molecule has 0 aromatic heterocycles. The highest BCUT2D eigenvalue weighted by atomic mass is 35.5. The van der Waals surface area contributed by atoms with Gasteiger partial charge < -0.3 is 0 Å². The summed E-state index contributed by atoms with van der Waals surface area (Å²) in [5.41, 5.74) is 4.29. The Morgan fingerprint density at radius 3 is 2.17 bits per heavy atom. The third kappa shape index (κ3) is 3.34. The first-order chi connectivity index (χ1) is 8.54. The molecule has 18 heavy (non-hydrogen) atoms. The first-order valence-corrected chi connectivity index (χ1v) is 6.37. The maximum atomic E-state index is 5.95. The maximum Gasteiger partial charge on any atom is 0.0635 e. The average molecular weight is 278 g/mol. The summed E-state index contributed by atoms with van der Waals surface area (Å²) in [4.78, 5) is 4.44. The first-order valence-electron chi connectivity index (χ1n) is 5.62. The van der Waals surface area contributed by atoms with Crippen molar-refractivity contribution in [2.75, 3.05) is 0 Å². The Balaban J connectivity index is 2.27. The Bertz CT molecular complexity index is 583. The normalized spacial score (nSPS) is 11.1. The zero-order valence-electron chi connectivity index (χ0n) is 10.2. The molecule has 0 aliphatic rings. The van der Waals surface area contributed by atoms with Crippen molar-refractivity contribution in [3.8, 4) is 0 Å². The van der Waals surface area contributed by atoms with Gasteiger partial charge in [-0.1, -0.05) is 35.3 Å². The van der Waals surface area contributed by atoms with Crippen LogP contribution in [0.1, 0.15) is 16.7 Å². The number of hydrogen-bond donors (Lipinski definition) is 0. The van der Waals surface area contributed by atoms with Gasteiger partial charge in [-0.2, -0.15) is 0 Å². The molecule has 0 aliphatic carbocycles. The molecule has 2 rings (SSSR count). The van der Waals surface area contributed by atoms with Crippen molar-refractivity contribution in [1.82, 2.24) is 0 Å². The Morgan fingerprint density at radius 2 is 1.56 bits per heavy atom. The van der Waals surface area contributed by atoms with Crippen molar-refractivity contribution in [1.29, 1.82) is 0 Å². The van der Waals surface area contributed by atoms with Gasteiger partial charge in [0.1, 0.15) is 0 Å². The Morgan fingerprint density at radius 1 is 0.889 bits per heavy atom. The van der Waals surface area contributed by atoms with E-state index < -0.39 is 0 Å². The van der Waals surface area contributed by atoms with Gasteiger partial charge in [0.05, 0.1) is 15.7 Å². The minimum absolute atomic E-state index is 0.543. The van der Waals surface area contributed by atoms with Gasteiger partial charge in [0, 0.05) is 6.21 Å². The van der Waals surface area contributed by atoms with E-state index in [0.717, 1.165) is 11.3 Å². The standard InChI is InChI=1S/C15H13Cl2N/c1-10-5-11(2)7-13(6-10)18-9-12-3-4-14(16)15(17)8-12/h3-9H,1-2H3. The van der Waals surface area contributed by atoms with Crippen LogP contribution in [0.5, 0.6) is 0 Å². The molecule has 0 fully saturated rings. The van der Waals surface area contributed by atoms with Crippen LogP contribution >= 0.6 is 23.2 Å². The third-order valence-electron chi connectivity index (χ3n) is 2.51. The lowest BCUT2D eigenvalue weighted by Crippen LogP contribution is -1.82. The van der Waals surface area contributed by atoms with Crippen LogP contribution in [-0.4, -0.2) is 6.21 Å². The topological polar surface area (TPSA) is 12.4 Å². The molecule has 0 bridgehead atoms.